The highest BCUT2D eigenvalue weighted by Crippen LogP contribution is 2.30. The fourth-order valence-electron chi connectivity index (χ4n) is 3.33. The third-order valence-corrected chi connectivity index (χ3v) is 6.93. The van der Waals surface area contributed by atoms with Crippen molar-refractivity contribution in [1.29, 1.82) is 0 Å². The number of amides is 1. The molecule has 0 spiro atoms. The van der Waals surface area contributed by atoms with Crippen molar-refractivity contribution < 1.29 is 27.4 Å². The SMILES string of the molecule is COc1ccc(C(C)NC(=O)c2ccccc2S(=O)(=O)N2CCOCC2)c(OC)c1. The largest absolute Gasteiger partial charge is 0.497 e. The maximum absolute atomic E-state index is 13.1. The number of carbonyl (C=O) groups excluding carboxylic acids is 1. The van der Waals surface area contributed by atoms with Gasteiger partial charge in [0.15, 0.2) is 0 Å². The molecule has 3 rings (SSSR count). The topological polar surface area (TPSA) is 94.2 Å². The average molecular weight is 435 g/mol. The number of carbonyl (C=O) groups is 1. The number of rotatable bonds is 7. The molecule has 2 aromatic carbocycles. The van der Waals surface area contributed by atoms with Crippen molar-refractivity contribution in [3.05, 3.63) is 53.6 Å². The third kappa shape index (κ3) is 4.58. The lowest BCUT2D eigenvalue weighted by molar-refractivity contribution is 0.0729. The summed E-state index contributed by atoms with van der Waals surface area (Å²) in [6.45, 7) is 3.00. The van der Waals surface area contributed by atoms with Crippen LogP contribution in [0.3, 0.4) is 0 Å². The van der Waals surface area contributed by atoms with Gasteiger partial charge in [-0.1, -0.05) is 12.1 Å². The van der Waals surface area contributed by atoms with Crippen LogP contribution in [-0.2, 0) is 14.8 Å². The van der Waals surface area contributed by atoms with Gasteiger partial charge < -0.3 is 19.5 Å². The number of ether oxygens (including phenoxy) is 3. The number of hydrogen-bond acceptors (Lipinski definition) is 6. The third-order valence-electron chi connectivity index (χ3n) is 4.97. The normalized spacial score (nSPS) is 16.0. The van der Waals surface area contributed by atoms with Gasteiger partial charge in [0.25, 0.3) is 5.91 Å². The molecular formula is C21H26N2O6S. The molecule has 1 unspecified atom stereocenters. The Morgan fingerprint density at radius 2 is 1.80 bits per heavy atom. The van der Waals surface area contributed by atoms with Gasteiger partial charge in [-0.25, -0.2) is 8.42 Å². The van der Waals surface area contributed by atoms with E-state index in [-0.39, 0.29) is 23.5 Å². The zero-order chi connectivity index (χ0) is 21.7. The van der Waals surface area contributed by atoms with Crippen molar-refractivity contribution in [2.45, 2.75) is 17.9 Å². The Balaban J connectivity index is 1.86. The van der Waals surface area contributed by atoms with Crippen LogP contribution in [0.1, 0.15) is 28.9 Å². The molecule has 9 heteroatoms. The number of morpholine rings is 1. The van der Waals surface area contributed by atoms with Gasteiger partial charge in [0.1, 0.15) is 11.5 Å². The van der Waals surface area contributed by atoms with Gasteiger partial charge in [-0.2, -0.15) is 4.31 Å². The average Bonchev–Trinajstić information content (AvgIpc) is 2.79. The fraction of sp³-hybridized carbons (Fsp3) is 0.381. The summed E-state index contributed by atoms with van der Waals surface area (Å²) in [6.07, 6.45) is 0. The summed E-state index contributed by atoms with van der Waals surface area (Å²) in [6, 6.07) is 11.1. The highest BCUT2D eigenvalue weighted by molar-refractivity contribution is 7.89. The number of sulfonamides is 1. The number of benzene rings is 2. The van der Waals surface area contributed by atoms with Crippen LogP contribution in [0.15, 0.2) is 47.4 Å². The number of hydrogen-bond donors (Lipinski definition) is 1. The van der Waals surface area contributed by atoms with E-state index in [0.29, 0.717) is 24.7 Å². The molecule has 1 heterocycles. The Bertz CT molecular complexity index is 1000. The number of methoxy groups -OCH3 is 2. The summed E-state index contributed by atoms with van der Waals surface area (Å²) >= 11 is 0. The van der Waals surface area contributed by atoms with E-state index in [1.807, 2.05) is 0 Å². The van der Waals surface area contributed by atoms with Crippen LogP contribution in [-0.4, -0.2) is 59.2 Å². The molecular weight excluding hydrogens is 408 g/mol. The summed E-state index contributed by atoms with van der Waals surface area (Å²) < 4.78 is 43.4. The summed E-state index contributed by atoms with van der Waals surface area (Å²) in [5.41, 5.74) is 0.850. The minimum Gasteiger partial charge on any atom is -0.497 e. The van der Waals surface area contributed by atoms with Gasteiger partial charge in [0.2, 0.25) is 10.0 Å². The maximum Gasteiger partial charge on any atom is 0.253 e. The lowest BCUT2D eigenvalue weighted by atomic mass is 10.1. The molecule has 1 amide bonds. The molecule has 0 aromatic heterocycles. The van der Waals surface area contributed by atoms with Gasteiger partial charge in [-0.05, 0) is 31.2 Å². The first-order valence-electron chi connectivity index (χ1n) is 9.58. The van der Waals surface area contributed by atoms with Crippen molar-refractivity contribution in [1.82, 2.24) is 9.62 Å². The second-order valence-corrected chi connectivity index (χ2v) is 8.72. The highest BCUT2D eigenvalue weighted by atomic mass is 32.2. The predicted octanol–water partition coefficient (Wildman–Crippen LogP) is 2.22. The molecule has 0 aliphatic carbocycles. The van der Waals surface area contributed by atoms with E-state index >= 15 is 0 Å². The predicted molar refractivity (Wildman–Crippen MR) is 111 cm³/mol. The first kappa shape index (κ1) is 22.1. The Morgan fingerprint density at radius 1 is 1.10 bits per heavy atom. The minimum absolute atomic E-state index is 0.0155. The zero-order valence-electron chi connectivity index (χ0n) is 17.3. The van der Waals surface area contributed by atoms with Gasteiger partial charge in [0, 0.05) is 24.7 Å². The van der Waals surface area contributed by atoms with Crippen LogP contribution in [0.2, 0.25) is 0 Å². The lowest BCUT2D eigenvalue weighted by Gasteiger charge is -2.27. The Hall–Kier alpha value is -2.62. The van der Waals surface area contributed by atoms with Crippen molar-refractivity contribution in [2.24, 2.45) is 0 Å². The number of nitrogens with zero attached hydrogens (tertiary/aromatic N) is 1. The van der Waals surface area contributed by atoms with Crippen molar-refractivity contribution in [3.63, 3.8) is 0 Å². The molecule has 0 saturated carbocycles. The van der Waals surface area contributed by atoms with E-state index in [1.54, 1.807) is 44.4 Å². The molecule has 0 radical (unpaired) electrons. The molecule has 30 heavy (non-hydrogen) atoms. The Labute approximate surface area is 176 Å². The van der Waals surface area contributed by atoms with Gasteiger partial charge in [-0.15, -0.1) is 0 Å². The monoisotopic (exact) mass is 434 g/mol. The van der Waals surface area contributed by atoms with Crippen LogP contribution in [0.25, 0.3) is 0 Å². The van der Waals surface area contributed by atoms with Crippen LogP contribution in [0.4, 0.5) is 0 Å². The molecule has 162 valence electrons. The van der Waals surface area contributed by atoms with Gasteiger partial charge >= 0.3 is 0 Å². The van der Waals surface area contributed by atoms with Crippen molar-refractivity contribution in [3.8, 4) is 11.5 Å². The molecule has 1 saturated heterocycles. The lowest BCUT2D eigenvalue weighted by Crippen LogP contribution is -2.41. The first-order chi connectivity index (χ1) is 14.4. The van der Waals surface area contributed by atoms with Crippen LogP contribution >= 0.6 is 0 Å². The van der Waals surface area contributed by atoms with Gasteiger partial charge in [0.05, 0.1) is 43.9 Å². The van der Waals surface area contributed by atoms with Crippen LogP contribution < -0.4 is 14.8 Å². The minimum atomic E-state index is -3.81. The highest BCUT2D eigenvalue weighted by Gasteiger charge is 2.30. The smallest absolute Gasteiger partial charge is 0.253 e. The molecule has 8 nitrogen and oxygen atoms in total. The second-order valence-electron chi connectivity index (χ2n) is 6.82. The van der Waals surface area contributed by atoms with Crippen LogP contribution in [0.5, 0.6) is 11.5 Å². The molecule has 1 aliphatic rings. The zero-order valence-corrected chi connectivity index (χ0v) is 18.1. The fourth-order valence-corrected chi connectivity index (χ4v) is 4.93. The second kappa shape index (κ2) is 9.46. The quantitative estimate of drug-likeness (QED) is 0.718. The van der Waals surface area contributed by atoms with Crippen molar-refractivity contribution in [2.75, 3.05) is 40.5 Å². The molecule has 1 fully saturated rings. The maximum atomic E-state index is 13.1. The molecule has 0 bridgehead atoms. The first-order valence-corrected chi connectivity index (χ1v) is 11.0. The number of nitrogens with one attached hydrogen (secondary N) is 1. The molecule has 2 aromatic rings. The standard InChI is InChI=1S/C21H26N2O6S/c1-15(17-9-8-16(27-2)14-19(17)28-3)22-21(24)18-6-4-5-7-20(18)30(25,26)23-10-12-29-13-11-23/h4-9,14-15H,10-13H2,1-3H3,(H,22,24). The summed E-state index contributed by atoms with van der Waals surface area (Å²) in [7, 11) is -0.709. The van der Waals surface area contributed by atoms with Gasteiger partial charge in [-0.3, -0.25) is 4.79 Å². The van der Waals surface area contributed by atoms with E-state index in [1.165, 1.54) is 23.5 Å². The van der Waals surface area contributed by atoms with E-state index in [2.05, 4.69) is 5.32 Å². The summed E-state index contributed by atoms with van der Waals surface area (Å²) in [5, 5.41) is 2.87. The van der Waals surface area contributed by atoms with E-state index < -0.39 is 22.0 Å². The van der Waals surface area contributed by atoms with E-state index in [9.17, 15) is 13.2 Å². The summed E-state index contributed by atoms with van der Waals surface area (Å²) in [4.78, 5) is 13.0. The summed E-state index contributed by atoms with van der Waals surface area (Å²) in [5.74, 6) is 0.722. The molecule has 1 atom stereocenters. The molecule has 1 aliphatic heterocycles. The van der Waals surface area contributed by atoms with E-state index in [4.69, 9.17) is 14.2 Å². The van der Waals surface area contributed by atoms with Crippen molar-refractivity contribution >= 4 is 15.9 Å². The van der Waals surface area contributed by atoms with E-state index in [0.717, 1.165) is 5.56 Å². The Morgan fingerprint density at radius 3 is 2.47 bits per heavy atom. The van der Waals surface area contributed by atoms with Crippen LogP contribution in [0, 0.1) is 0 Å². The Kier molecular flexibility index (Phi) is 6.96. The molecule has 1 N–H and O–H groups in total.